The number of hydrogen-bond acceptors (Lipinski definition) is 10. The highest BCUT2D eigenvalue weighted by Gasteiger charge is 1.98. The maximum atomic E-state index is 10.2. The third-order valence-electron chi connectivity index (χ3n) is 1.26. The summed E-state index contributed by atoms with van der Waals surface area (Å²) in [4.78, 5) is 20.4. The van der Waals surface area contributed by atoms with E-state index >= 15 is 0 Å². The maximum absolute atomic E-state index is 10.2. The Labute approximate surface area is 124 Å². The van der Waals surface area contributed by atoms with Gasteiger partial charge < -0.3 is 37.9 Å². The van der Waals surface area contributed by atoms with Gasteiger partial charge in [-0.3, -0.25) is 0 Å². The molecule has 0 rings (SSSR count). The predicted molar refractivity (Wildman–Crippen MR) is 69.4 cm³/mol. The summed E-state index contributed by atoms with van der Waals surface area (Å²) in [7, 11) is 5.38. The molecule has 0 saturated heterocycles. The summed E-state index contributed by atoms with van der Waals surface area (Å²) < 4.78 is 35.2. The van der Waals surface area contributed by atoms with Gasteiger partial charge in [0.2, 0.25) is 0 Å². The average Bonchev–Trinajstić information content (AvgIpc) is 2.48. The Balaban J connectivity index is -0.000000295. The van der Waals surface area contributed by atoms with E-state index in [-0.39, 0.29) is 34.6 Å². The molecule has 0 spiro atoms. The lowest BCUT2D eigenvalue weighted by Crippen LogP contribution is -2.09. The van der Waals surface area contributed by atoms with Crippen LogP contribution in [0.5, 0.6) is 0 Å². The van der Waals surface area contributed by atoms with Crippen LogP contribution in [0.3, 0.4) is 0 Å². The Hall–Kier alpha value is -1.62. The molecular formula is C11H24O10. The van der Waals surface area contributed by atoms with E-state index in [4.69, 9.17) is 0 Å². The predicted octanol–water partition coefficient (Wildman–Crippen LogP) is 1.33. The van der Waals surface area contributed by atoms with Crippen LogP contribution in [0.4, 0.5) is 9.59 Å². The van der Waals surface area contributed by atoms with Crippen LogP contribution in [0.2, 0.25) is 0 Å². The van der Waals surface area contributed by atoms with E-state index in [2.05, 4.69) is 37.9 Å². The third kappa shape index (κ3) is 23.8. The van der Waals surface area contributed by atoms with Gasteiger partial charge in [-0.1, -0.05) is 7.43 Å². The first kappa shape index (κ1) is 24.4. The second-order valence-electron chi connectivity index (χ2n) is 2.65. The van der Waals surface area contributed by atoms with Crippen LogP contribution < -0.4 is 0 Å². The van der Waals surface area contributed by atoms with Crippen LogP contribution in [-0.4, -0.2) is 67.9 Å². The molecule has 0 unspecified atom stereocenters. The van der Waals surface area contributed by atoms with Gasteiger partial charge in [0.05, 0.1) is 14.2 Å². The first-order valence-corrected chi connectivity index (χ1v) is 5.17. The highest BCUT2D eigenvalue weighted by atomic mass is 16.8. The third-order valence-corrected chi connectivity index (χ3v) is 1.26. The largest absolute Gasteiger partial charge is 0.510 e. The number of hydrogen-bond donors (Lipinski definition) is 0. The summed E-state index contributed by atoms with van der Waals surface area (Å²) in [5.74, 6) is 0. The van der Waals surface area contributed by atoms with Crippen molar-refractivity contribution in [3.8, 4) is 0 Å². The van der Waals surface area contributed by atoms with Gasteiger partial charge in [0, 0.05) is 14.2 Å². The van der Waals surface area contributed by atoms with Crippen molar-refractivity contribution < 1.29 is 47.5 Å². The first-order chi connectivity index (χ1) is 9.62. The average molecular weight is 316 g/mol. The van der Waals surface area contributed by atoms with Crippen molar-refractivity contribution in [1.29, 1.82) is 0 Å². The van der Waals surface area contributed by atoms with E-state index in [0.717, 1.165) is 0 Å². The van der Waals surface area contributed by atoms with E-state index < -0.39 is 12.3 Å². The standard InChI is InChI=1S/2C5H10O5.CH4/c2*1-7-3-9-4-10-5(6)8-2;/h2*3-4H2,1-2H3;1H4. The van der Waals surface area contributed by atoms with Gasteiger partial charge in [-0.2, -0.15) is 0 Å². The molecular weight excluding hydrogens is 292 g/mol. The summed E-state index contributed by atoms with van der Waals surface area (Å²) >= 11 is 0. The second kappa shape index (κ2) is 20.7. The Morgan fingerprint density at radius 1 is 0.667 bits per heavy atom. The quantitative estimate of drug-likeness (QED) is 0.369. The SMILES string of the molecule is C.COCOCOC(=O)OC.COCOCOC(=O)OC. The van der Waals surface area contributed by atoms with Crippen molar-refractivity contribution in [3.63, 3.8) is 0 Å². The van der Waals surface area contributed by atoms with Gasteiger partial charge in [0.1, 0.15) is 13.6 Å². The summed E-state index contributed by atoms with van der Waals surface area (Å²) in [6.07, 6.45) is -1.53. The van der Waals surface area contributed by atoms with Crippen LogP contribution >= 0.6 is 0 Å². The zero-order chi connectivity index (χ0) is 15.6. The fraction of sp³-hybridized carbons (Fsp3) is 0.818. The van der Waals surface area contributed by atoms with Crippen molar-refractivity contribution in [2.24, 2.45) is 0 Å². The summed E-state index contributed by atoms with van der Waals surface area (Å²) in [6.45, 7) is -0.116. The van der Waals surface area contributed by atoms with Gasteiger partial charge in [0.25, 0.3) is 0 Å². The van der Waals surface area contributed by atoms with E-state index in [0.29, 0.717) is 0 Å². The van der Waals surface area contributed by atoms with E-state index in [1.165, 1.54) is 28.4 Å². The molecule has 0 aromatic heterocycles. The molecule has 0 fully saturated rings. The van der Waals surface area contributed by atoms with Gasteiger partial charge >= 0.3 is 12.3 Å². The van der Waals surface area contributed by atoms with E-state index in [9.17, 15) is 9.59 Å². The van der Waals surface area contributed by atoms with Gasteiger partial charge in [-0.05, 0) is 0 Å². The van der Waals surface area contributed by atoms with Crippen molar-refractivity contribution in [1.82, 2.24) is 0 Å². The highest BCUT2D eigenvalue weighted by Crippen LogP contribution is 1.83. The first-order valence-electron chi connectivity index (χ1n) is 5.17. The topological polar surface area (TPSA) is 108 Å². The van der Waals surface area contributed by atoms with Gasteiger partial charge in [-0.15, -0.1) is 0 Å². The lowest BCUT2D eigenvalue weighted by atomic mass is 11.2. The lowest BCUT2D eigenvalue weighted by Gasteiger charge is -2.02. The van der Waals surface area contributed by atoms with Crippen molar-refractivity contribution >= 4 is 12.3 Å². The van der Waals surface area contributed by atoms with Crippen LogP contribution in [-0.2, 0) is 37.9 Å². The minimum Gasteiger partial charge on any atom is -0.438 e. The molecule has 0 aliphatic rings. The molecule has 0 N–H and O–H groups in total. The molecule has 0 atom stereocenters. The van der Waals surface area contributed by atoms with Crippen LogP contribution in [0.1, 0.15) is 7.43 Å². The molecule has 0 radical (unpaired) electrons. The normalized spacial score (nSPS) is 8.57. The maximum Gasteiger partial charge on any atom is 0.510 e. The zero-order valence-electron chi connectivity index (χ0n) is 11.9. The Morgan fingerprint density at radius 2 is 1.00 bits per heavy atom. The van der Waals surface area contributed by atoms with Gasteiger partial charge in [0.15, 0.2) is 13.6 Å². The fourth-order valence-corrected chi connectivity index (χ4v) is 0.532. The molecule has 0 aromatic rings. The molecule has 0 amide bonds. The molecule has 10 heteroatoms. The van der Waals surface area contributed by atoms with Crippen molar-refractivity contribution in [2.45, 2.75) is 7.43 Å². The van der Waals surface area contributed by atoms with Crippen molar-refractivity contribution in [2.75, 3.05) is 55.6 Å². The Morgan fingerprint density at radius 3 is 1.24 bits per heavy atom. The highest BCUT2D eigenvalue weighted by molar-refractivity contribution is 5.59. The second-order valence-corrected chi connectivity index (χ2v) is 2.65. The summed E-state index contributed by atoms with van der Waals surface area (Å²) in [5.41, 5.74) is 0. The Kier molecular flexibility index (Phi) is 24.0. The molecule has 21 heavy (non-hydrogen) atoms. The molecule has 0 aliphatic carbocycles. The number of methoxy groups -OCH3 is 4. The molecule has 0 bridgehead atoms. The Bertz CT molecular complexity index is 209. The molecule has 128 valence electrons. The van der Waals surface area contributed by atoms with E-state index in [1.54, 1.807) is 0 Å². The molecule has 10 nitrogen and oxygen atoms in total. The molecule has 0 saturated carbocycles. The minimum absolute atomic E-state index is 0. The zero-order valence-corrected chi connectivity index (χ0v) is 11.9. The fourth-order valence-electron chi connectivity index (χ4n) is 0.532. The molecule has 0 aliphatic heterocycles. The number of carbonyl (C=O) groups is 2. The van der Waals surface area contributed by atoms with Crippen LogP contribution in [0.15, 0.2) is 0 Å². The van der Waals surface area contributed by atoms with Gasteiger partial charge in [-0.25, -0.2) is 9.59 Å². The van der Waals surface area contributed by atoms with Crippen LogP contribution in [0, 0.1) is 0 Å². The molecule has 0 heterocycles. The lowest BCUT2D eigenvalue weighted by molar-refractivity contribution is -0.106. The number of ether oxygens (including phenoxy) is 8. The summed E-state index contributed by atoms with van der Waals surface area (Å²) in [6, 6.07) is 0. The monoisotopic (exact) mass is 316 g/mol. The smallest absolute Gasteiger partial charge is 0.438 e. The minimum atomic E-state index is -0.767. The van der Waals surface area contributed by atoms with Crippen molar-refractivity contribution in [3.05, 3.63) is 0 Å². The number of rotatable bonds is 8. The van der Waals surface area contributed by atoms with Crippen LogP contribution in [0.25, 0.3) is 0 Å². The summed E-state index contributed by atoms with van der Waals surface area (Å²) in [5, 5.41) is 0. The molecule has 0 aromatic carbocycles. The number of carbonyl (C=O) groups excluding carboxylic acids is 2. The van der Waals surface area contributed by atoms with E-state index in [1.807, 2.05) is 0 Å².